The topological polar surface area (TPSA) is 57.3 Å². The Kier molecular flexibility index (Phi) is 9.72. The van der Waals surface area contributed by atoms with Gasteiger partial charge < -0.3 is 10.6 Å². The summed E-state index contributed by atoms with van der Waals surface area (Å²) in [4.78, 5) is 19.1. The van der Waals surface area contributed by atoms with Crippen molar-refractivity contribution in [2.75, 3.05) is 32.7 Å². The van der Waals surface area contributed by atoms with E-state index in [4.69, 9.17) is 0 Å². The lowest BCUT2D eigenvalue weighted by Gasteiger charge is -2.24. The van der Waals surface area contributed by atoms with Crippen LogP contribution in [0.1, 0.15) is 54.6 Å². The molecule has 0 spiro atoms. The lowest BCUT2D eigenvalue weighted by atomic mass is 9.90. The van der Waals surface area contributed by atoms with Crippen molar-refractivity contribution < 1.29 is 4.79 Å². The smallest absolute Gasteiger partial charge is 0.269 e. The molecule has 1 aromatic heterocycles. The number of rotatable bonds is 5. The maximum atomic E-state index is 12.4. The molecule has 0 saturated carbocycles. The zero-order valence-corrected chi connectivity index (χ0v) is 16.5. The van der Waals surface area contributed by atoms with Crippen LogP contribution in [0, 0.1) is 0 Å². The van der Waals surface area contributed by atoms with Gasteiger partial charge in [-0.2, -0.15) is 0 Å². The number of pyridine rings is 1. The summed E-state index contributed by atoms with van der Waals surface area (Å²) >= 11 is 0. The summed E-state index contributed by atoms with van der Waals surface area (Å²) in [6.07, 6.45) is 6.46. The Morgan fingerprint density at radius 1 is 1.32 bits per heavy atom. The number of hydrogen-bond acceptors (Lipinski definition) is 4. The van der Waals surface area contributed by atoms with Gasteiger partial charge in [-0.15, -0.1) is 24.8 Å². The van der Waals surface area contributed by atoms with E-state index in [0.717, 1.165) is 45.6 Å². The highest BCUT2D eigenvalue weighted by Gasteiger charge is 2.24. The number of likely N-dealkylation sites (N-methyl/N-ethyl adjacent to an activating group) is 1. The third kappa shape index (κ3) is 5.81. The van der Waals surface area contributed by atoms with Gasteiger partial charge in [0.1, 0.15) is 5.69 Å². The first-order valence-electron chi connectivity index (χ1n) is 8.97. The van der Waals surface area contributed by atoms with Gasteiger partial charge in [0.2, 0.25) is 0 Å². The second-order valence-electron chi connectivity index (χ2n) is 6.63. The van der Waals surface area contributed by atoms with Crippen LogP contribution in [-0.2, 0) is 0 Å². The monoisotopic (exact) mass is 388 g/mol. The van der Waals surface area contributed by atoms with Gasteiger partial charge in [0.05, 0.1) is 0 Å². The zero-order chi connectivity index (χ0) is 16.1. The summed E-state index contributed by atoms with van der Waals surface area (Å²) in [5.74, 6) is 0.514. The molecule has 1 unspecified atom stereocenters. The fourth-order valence-electron chi connectivity index (χ4n) is 3.82. The van der Waals surface area contributed by atoms with E-state index in [-0.39, 0.29) is 30.7 Å². The molecule has 0 bridgehead atoms. The Morgan fingerprint density at radius 3 is 2.80 bits per heavy atom. The largest absolute Gasteiger partial charge is 0.349 e. The fraction of sp³-hybridized carbons (Fsp3) is 0.667. The maximum absolute atomic E-state index is 12.4. The molecule has 3 rings (SSSR count). The van der Waals surface area contributed by atoms with Crippen LogP contribution in [-0.4, -0.2) is 54.6 Å². The summed E-state index contributed by atoms with van der Waals surface area (Å²) < 4.78 is 0. The average molecular weight is 389 g/mol. The lowest BCUT2D eigenvalue weighted by molar-refractivity contribution is 0.0936. The molecular weight excluding hydrogens is 359 g/mol. The van der Waals surface area contributed by atoms with Crippen molar-refractivity contribution in [1.82, 2.24) is 20.5 Å². The Labute approximate surface area is 163 Å². The van der Waals surface area contributed by atoms with E-state index >= 15 is 0 Å². The Hall–Kier alpha value is -0.880. The SMILES string of the molecule is CCN1CCCC1CNC(=O)c1cc(C2CCNCC2)ccn1.Cl.Cl. The lowest BCUT2D eigenvalue weighted by Crippen LogP contribution is -2.40. The van der Waals surface area contributed by atoms with Gasteiger partial charge in [0.15, 0.2) is 0 Å². The molecule has 25 heavy (non-hydrogen) atoms. The third-order valence-electron chi connectivity index (χ3n) is 5.23. The minimum Gasteiger partial charge on any atom is -0.349 e. The standard InChI is InChI=1S/C18H28N4O.2ClH/c1-2-22-11-3-4-16(22)13-21-18(23)17-12-15(7-10-20-17)14-5-8-19-9-6-14;;/h7,10,12,14,16,19H,2-6,8-9,11,13H2,1H3,(H,21,23);2*1H. The van der Waals surface area contributed by atoms with E-state index in [9.17, 15) is 4.79 Å². The zero-order valence-electron chi connectivity index (χ0n) is 14.9. The Morgan fingerprint density at radius 2 is 2.08 bits per heavy atom. The van der Waals surface area contributed by atoms with Crippen molar-refractivity contribution in [3.8, 4) is 0 Å². The number of carbonyl (C=O) groups is 1. The van der Waals surface area contributed by atoms with E-state index in [1.165, 1.54) is 18.4 Å². The summed E-state index contributed by atoms with van der Waals surface area (Å²) in [5, 5.41) is 6.46. The molecule has 0 radical (unpaired) electrons. The predicted octanol–water partition coefficient (Wildman–Crippen LogP) is 2.61. The highest BCUT2D eigenvalue weighted by molar-refractivity contribution is 5.92. The number of nitrogens with zero attached hydrogens (tertiary/aromatic N) is 2. The van der Waals surface area contributed by atoms with Crippen LogP contribution in [0.4, 0.5) is 0 Å². The van der Waals surface area contributed by atoms with E-state index in [1.807, 2.05) is 6.07 Å². The van der Waals surface area contributed by atoms with E-state index in [0.29, 0.717) is 17.7 Å². The van der Waals surface area contributed by atoms with Gasteiger partial charge >= 0.3 is 0 Å². The van der Waals surface area contributed by atoms with Crippen LogP contribution in [0.15, 0.2) is 18.3 Å². The number of carbonyl (C=O) groups excluding carboxylic acids is 1. The number of piperidine rings is 1. The van der Waals surface area contributed by atoms with Crippen molar-refractivity contribution in [2.24, 2.45) is 0 Å². The molecule has 142 valence electrons. The highest BCUT2D eigenvalue weighted by Crippen LogP contribution is 2.25. The van der Waals surface area contributed by atoms with Crippen molar-refractivity contribution in [3.05, 3.63) is 29.6 Å². The molecule has 1 amide bonds. The van der Waals surface area contributed by atoms with Crippen LogP contribution in [0.5, 0.6) is 0 Å². The van der Waals surface area contributed by atoms with Gasteiger partial charge in [-0.3, -0.25) is 14.7 Å². The van der Waals surface area contributed by atoms with Crippen LogP contribution < -0.4 is 10.6 Å². The number of nitrogens with one attached hydrogen (secondary N) is 2. The van der Waals surface area contributed by atoms with Crippen molar-refractivity contribution >= 4 is 30.7 Å². The quantitative estimate of drug-likeness (QED) is 0.813. The van der Waals surface area contributed by atoms with Crippen molar-refractivity contribution in [2.45, 2.75) is 44.6 Å². The second kappa shape index (κ2) is 11.0. The minimum atomic E-state index is -0.0382. The normalized spacial score (nSPS) is 21.2. The molecule has 3 heterocycles. The molecule has 2 fully saturated rings. The predicted molar refractivity (Wildman–Crippen MR) is 106 cm³/mol. The van der Waals surface area contributed by atoms with E-state index in [2.05, 4.69) is 33.5 Å². The van der Waals surface area contributed by atoms with Crippen LogP contribution in [0.3, 0.4) is 0 Å². The molecular formula is C18H30Cl2N4O. The highest BCUT2D eigenvalue weighted by atomic mass is 35.5. The van der Waals surface area contributed by atoms with Gasteiger partial charge in [-0.1, -0.05) is 6.92 Å². The van der Waals surface area contributed by atoms with Crippen molar-refractivity contribution in [3.63, 3.8) is 0 Å². The van der Waals surface area contributed by atoms with Crippen molar-refractivity contribution in [1.29, 1.82) is 0 Å². The summed E-state index contributed by atoms with van der Waals surface area (Å²) in [5.41, 5.74) is 1.81. The van der Waals surface area contributed by atoms with Crippen LogP contribution in [0.2, 0.25) is 0 Å². The fourth-order valence-corrected chi connectivity index (χ4v) is 3.82. The first-order valence-corrected chi connectivity index (χ1v) is 8.97. The molecule has 7 heteroatoms. The number of halogens is 2. The van der Waals surface area contributed by atoms with E-state index < -0.39 is 0 Å². The summed E-state index contributed by atoms with van der Waals surface area (Å²) in [6.45, 7) is 7.24. The molecule has 0 aliphatic carbocycles. The molecule has 5 nitrogen and oxygen atoms in total. The Balaban J connectivity index is 0.00000156. The van der Waals surface area contributed by atoms with Crippen LogP contribution in [0.25, 0.3) is 0 Å². The average Bonchev–Trinajstić information content (AvgIpc) is 3.08. The number of hydrogen-bond donors (Lipinski definition) is 2. The molecule has 0 aromatic carbocycles. The number of likely N-dealkylation sites (tertiary alicyclic amines) is 1. The summed E-state index contributed by atoms with van der Waals surface area (Å²) in [7, 11) is 0. The first kappa shape index (κ1) is 22.2. The maximum Gasteiger partial charge on any atom is 0.269 e. The molecule has 2 aliphatic rings. The van der Waals surface area contributed by atoms with Gasteiger partial charge in [-0.25, -0.2) is 0 Å². The van der Waals surface area contributed by atoms with Crippen LogP contribution >= 0.6 is 24.8 Å². The second-order valence-corrected chi connectivity index (χ2v) is 6.63. The summed E-state index contributed by atoms with van der Waals surface area (Å²) in [6, 6.07) is 4.52. The molecule has 2 N–H and O–H groups in total. The molecule has 2 aliphatic heterocycles. The van der Waals surface area contributed by atoms with Gasteiger partial charge in [0, 0.05) is 18.8 Å². The number of amides is 1. The van der Waals surface area contributed by atoms with E-state index in [1.54, 1.807) is 6.20 Å². The molecule has 1 atom stereocenters. The van der Waals surface area contributed by atoms with Gasteiger partial charge in [-0.05, 0) is 75.5 Å². The van der Waals surface area contributed by atoms with Gasteiger partial charge in [0.25, 0.3) is 5.91 Å². The first-order chi connectivity index (χ1) is 11.3. The number of aromatic nitrogens is 1. The third-order valence-corrected chi connectivity index (χ3v) is 5.23. The Bertz CT molecular complexity index is 538. The minimum absolute atomic E-state index is 0. The molecule has 1 aromatic rings. The molecule has 2 saturated heterocycles.